The smallest absolute Gasteiger partial charge is 0.306 e. The quantitative estimate of drug-likeness (QED) is 0.148. The fourth-order valence-corrected chi connectivity index (χ4v) is 14.3. The number of ketones is 1. The molecule has 6 spiro atoms. The van der Waals surface area contributed by atoms with Crippen LogP contribution < -0.4 is 5.48 Å². The van der Waals surface area contributed by atoms with Crippen LogP contribution >= 0.6 is 0 Å². The number of esters is 1. The van der Waals surface area contributed by atoms with E-state index in [1.54, 1.807) is 0 Å². The Bertz CT molecular complexity index is 1610. The summed E-state index contributed by atoms with van der Waals surface area (Å²) in [6.45, 7) is 42.9. The Morgan fingerprint density at radius 3 is 0.819 bits per heavy atom. The van der Waals surface area contributed by atoms with E-state index < -0.39 is 0 Å². The lowest BCUT2D eigenvalue weighted by molar-refractivity contribution is -0.143. The zero-order valence-electron chi connectivity index (χ0n) is 48.4. The van der Waals surface area contributed by atoms with Gasteiger partial charge >= 0.3 is 5.97 Å². The van der Waals surface area contributed by atoms with Crippen molar-refractivity contribution in [1.82, 2.24) is 5.48 Å². The standard InChI is InChI=1S/C10H14O.2C10H16.C9H14O.C8H12O2.C7H11NO2.CH4.9F2.3FH/c1-6-4-9(11)10(5-6)7(2)8(10)3;2*1-7-4-5-10(6-7)8(2)9(10)3;1-6-4-5-9(10-6)7(2)8(9)3;1-5-6(2)8(5)4-3-7(9)10-8;1-4-5(2)7(4)3-6(9)8-10-7;;9*1-2;;;/h7-8H,1,4-5H2,2-3H3;2*8-9H,1,4-6H2,2-3H3;7-8H,1,4-5H2,2-3H3;5-6H,3-4H2,1-2H3;4-5H,3H2,1-2H3,(H,8,9);1H4;;;;;;;;;;3*1H. The van der Waals surface area contributed by atoms with Crippen LogP contribution in [0.1, 0.15) is 174 Å². The Balaban J connectivity index is -0.000000157. The van der Waals surface area contributed by atoms with E-state index in [0.29, 0.717) is 60.6 Å². The van der Waals surface area contributed by atoms with Gasteiger partial charge in [-0.3, -0.25) is 33.3 Å². The first kappa shape index (κ1) is 92.6. The molecular weight excluding hydrogens is 1170 g/mol. The van der Waals surface area contributed by atoms with Crippen LogP contribution in [0.15, 0.2) is 48.8 Å². The van der Waals surface area contributed by atoms with Gasteiger partial charge in [-0.25, -0.2) is 5.48 Å². The first-order valence-corrected chi connectivity index (χ1v) is 25.8. The molecule has 9 aliphatic carbocycles. The van der Waals surface area contributed by atoms with Crippen molar-refractivity contribution in [3.8, 4) is 0 Å². The van der Waals surface area contributed by atoms with Gasteiger partial charge in [0.1, 0.15) is 22.6 Å². The lowest BCUT2D eigenvalue weighted by Crippen LogP contribution is -2.14. The minimum atomic E-state index is -0.128. The fourth-order valence-electron chi connectivity index (χ4n) is 14.3. The van der Waals surface area contributed by atoms with Gasteiger partial charge in [0, 0.05) is 131 Å². The zero-order valence-corrected chi connectivity index (χ0v) is 48.4. The summed E-state index contributed by atoms with van der Waals surface area (Å²) < 4.78 is 155. The van der Waals surface area contributed by atoms with E-state index in [-0.39, 0.29) is 55.6 Å². The number of hydrogen-bond acceptors (Lipinski definition) is 6. The summed E-state index contributed by atoms with van der Waals surface area (Å²) in [6.07, 6.45) is 14.1. The lowest BCUT2D eigenvalue weighted by Gasteiger charge is -2.08. The maximum absolute atomic E-state index is 11.5. The Morgan fingerprint density at radius 2 is 0.699 bits per heavy atom. The van der Waals surface area contributed by atoms with E-state index in [1.807, 2.05) is 0 Å². The average Bonchev–Trinajstić information content (AvgIpc) is 4.22. The first-order chi connectivity index (χ1) is 37.4. The predicted octanol–water partition coefficient (Wildman–Crippen LogP) is 21.0. The molecule has 12 rings (SSSR count). The molecule has 0 aromatic heterocycles. The van der Waals surface area contributed by atoms with Gasteiger partial charge in [-0.2, -0.15) is 0 Å². The monoisotopic (exact) mass is 1260 g/mol. The topological polar surface area (TPSA) is 90.9 Å². The Labute approximate surface area is 474 Å². The van der Waals surface area contributed by atoms with Gasteiger partial charge in [-0.1, -0.05) is 134 Å². The van der Waals surface area contributed by atoms with Crippen molar-refractivity contribution in [3.05, 3.63) is 48.8 Å². The summed E-state index contributed by atoms with van der Waals surface area (Å²) in [6, 6.07) is 0. The van der Waals surface area contributed by atoms with E-state index in [2.05, 4.69) is 115 Å². The number of amides is 1. The molecule has 12 fully saturated rings. The van der Waals surface area contributed by atoms with Crippen LogP contribution in [0, 0.1) is 87.3 Å². The summed E-state index contributed by atoms with van der Waals surface area (Å²) in [7, 11) is 0. The molecule has 498 valence electrons. The molecule has 3 aliphatic heterocycles. The lowest BCUT2D eigenvalue weighted by atomic mass is 9.99. The molecule has 1 amide bonds. The number of rotatable bonds is 0. The summed E-state index contributed by atoms with van der Waals surface area (Å²) in [5.74, 6) is 10.4. The number of carbonyl (C=O) groups is 3. The fraction of sp³-hybridized carbons (Fsp3) is 0.800. The molecule has 7 nitrogen and oxygen atoms in total. The molecule has 12 unspecified atom stereocenters. The second-order valence-electron chi connectivity index (χ2n) is 23.1. The van der Waals surface area contributed by atoms with Crippen molar-refractivity contribution >= 4 is 17.7 Å². The van der Waals surface area contributed by atoms with Gasteiger partial charge in [0.25, 0.3) is 0 Å². The third-order valence-corrected chi connectivity index (χ3v) is 21.2. The van der Waals surface area contributed by atoms with Crippen LogP contribution in [0.3, 0.4) is 0 Å². The van der Waals surface area contributed by atoms with Gasteiger partial charge in [0.2, 0.25) is 5.91 Å². The highest BCUT2D eigenvalue weighted by Gasteiger charge is 2.68. The largest absolute Gasteiger partial charge is 0.492 e. The molecule has 0 aromatic rings. The Kier molecular flexibility index (Phi) is 45.8. The molecule has 12 atom stereocenters. The summed E-state index contributed by atoms with van der Waals surface area (Å²) in [5.41, 5.74) is 8.14. The van der Waals surface area contributed by atoms with Crippen LogP contribution in [0.25, 0.3) is 0 Å². The molecule has 0 radical (unpaired) electrons. The van der Waals surface area contributed by atoms with Gasteiger partial charge in [-0.15, -0.1) is 0 Å². The number of ether oxygens (including phenoxy) is 2. The van der Waals surface area contributed by atoms with Crippen LogP contribution in [0.5, 0.6) is 0 Å². The van der Waals surface area contributed by atoms with Crippen molar-refractivity contribution in [3.63, 3.8) is 0 Å². The van der Waals surface area contributed by atoms with Crippen molar-refractivity contribution in [2.45, 2.75) is 191 Å². The Hall–Kier alpha value is -4.14. The van der Waals surface area contributed by atoms with Gasteiger partial charge in [-0.05, 0) is 116 Å². The van der Waals surface area contributed by atoms with Crippen LogP contribution in [-0.4, -0.2) is 34.5 Å². The highest BCUT2D eigenvalue weighted by molar-refractivity contribution is 5.93. The maximum Gasteiger partial charge on any atom is 0.306 e. The third kappa shape index (κ3) is 20.0. The van der Waals surface area contributed by atoms with Crippen molar-refractivity contribution in [2.24, 2.45) is 87.3 Å². The van der Waals surface area contributed by atoms with E-state index in [4.69, 9.17) is 96.6 Å². The highest BCUT2D eigenvalue weighted by Crippen LogP contribution is 2.69. The van der Waals surface area contributed by atoms with Gasteiger partial charge in [0.15, 0.2) is 0 Å². The molecule has 1 N–H and O–H groups in total. The summed E-state index contributed by atoms with van der Waals surface area (Å²) in [5, 5.41) is 0. The van der Waals surface area contributed by atoms with Gasteiger partial charge in [0.05, 0.1) is 12.2 Å². The average molecular weight is 1260 g/mol. The molecule has 28 heteroatoms. The molecular formula is C55H90F21NO6. The summed E-state index contributed by atoms with van der Waals surface area (Å²) >= 11 is 0. The Morgan fingerprint density at radius 1 is 0.386 bits per heavy atom. The normalized spacial score (nSPS) is 38.4. The highest BCUT2D eigenvalue weighted by atomic mass is 20.0. The second-order valence-corrected chi connectivity index (χ2v) is 23.1. The number of halogens is 21. The number of allylic oxidation sites excluding steroid dienone is 4. The molecule has 9 saturated carbocycles. The van der Waals surface area contributed by atoms with E-state index in [9.17, 15) is 14.4 Å². The van der Waals surface area contributed by atoms with Crippen molar-refractivity contribution in [2.75, 3.05) is 0 Å². The third-order valence-electron chi connectivity index (χ3n) is 21.2. The molecule has 0 bridgehead atoms. The number of hydrogen-bond donors (Lipinski definition) is 1. The van der Waals surface area contributed by atoms with Crippen LogP contribution in [-0.2, 0) is 28.7 Å². The van der Waals surface area contributed by atoms with Crippen LogP contribution in [0.4, 0.5) is 96.4 Å². The molecule has 0 aromatic carbocycles. The van der Waals surface area contributed by atoms with Crippen molar-refractivity contribution in [1.29, 1.82) is 0 Å². The number of nitrogens with one attached hydrogen (secondary N) is 1. The number of hydroxylamine groups is 1. The number of Topliss-reactive ketones (excluding diaryl/α,β-unsaturated/α-hetero) is 1. The SMILES string of the molecule is C.C=C1CC(=O)C2(C1)C(C)C2C.C=C1CCC2(C1)C(C)C2C.C=C1CCC2(C1)C(C)C2C.C=C1CCC2(O1)C(C)C2C.CC1C(C)C12CC(=O)NO2.CC1C(C)C12CCC(=O)O2.F.F.F.FF.FF.FF.FF.FF.FF.FF.FF.FF. The summed E-state index contributed by atoms with van der Waals surface area (Å²) in [4.78, 5) is 38.2. The zero-order chi connectivity index (χ0) is 63.0. The molecule has 83 heavy (non-hydrogen) atoms. The van der Waals surface area contributed by atoms with Crippen molar-refractivity contribution < 1.29 is 125 Å². The van der Waals surface area contributed by atoms with E-state index >= 15 is 0 Å². The predicted molar refractivity (Wildman–Crippen MR) is 278 cm³/mol. The minimum Gasteiger partial charge on any atom is -0.492 e. The van der Waals surface area contributed by atoms with Crippen LogP contribution in [0.2, 0.25) is 0 Å². The second kappa shape index (κ2) is 41.0. The first-order valence-electron chi connectivity index (χ1n) is 25.8. The molecule has 12 aliphatic rings. The molecule has 3 heterocycles. The molecule has 3 saturated heterocycles. The number of carbonyl (C=O) groups excluding carboxylic acids is 3. The minimum absolute atomic E-state index is 0. The maximum atomic E-state index is 11.5. The van der Waals surface area contributed by atoms with E-state index in [0.717, 1.165) is 76.9 Å². The van der Waals surface area contributed by atoms with Gasteiger partial charge < -0.3 is 9.47 Å². The van der Waals surface area contributed by atoms with E-state index in [1.165, 1.54) is 56.1 Å².